The SMILES string of the molecule is CC(C)C1CCC1NC1CC1(C)C. The maximum absolute atomic E-state index is 3.81. The minimum atomic E-state index is 0.594. The second-order valence-electron chi connectivity index (χ2n) is 6.00. The molecule has 2 rings (SSSR count). The van der Waals surface area contributed by atoms with E-state index in [4.69, 9.17) is 0 Å². The van der Waals surface area contributed by atoms with Gasteiger partial charge in [0.2, 0.25) is 0 Å². The van der Waals surface area contributed by atoms with Gasteiger partial charge in [0.15, 0.2) is 0 Å². The lowest BCUT2D eigenvalue weighted by Gasteiger charge is -2.40. The Kier molecular flexibility index (Phi) is 2.18. The molecule has 3 atom stereocenters. The van der Waals surface area contributed by atoms with Gasteiger partial charge < -0.3 is 5.32 Å². The van der Waals surface area contributed by atoms with Crippen molar-refractivity contribution < 1.29 is 0 Å². The molecule has 1 heteroatoms. The molecule has 2 saturated carbocycles. The van der Waals surface area contributed by atoms with Crippen molar-refractivity contribution in [2.75, 3.05) is 0 Å². The first-order chi connectivity index (χ1) is 6.00. The van der Waals surface area contributed by atoms with Crippen LogP contribution in [0.2, 0.25) is 0 Å². The van der Waals surface area contributed by atoms with Gasteiger partial charge in [-0.1, -0.05) is 27.7 Å². The first-order valence-corrected chi connectivity index (χ1v) is 5.77. The Bertz CT molecular complexity index is 195. The lowest BCUT2D eigenvalue weighted by molar-refractivity contribution is 0.149. The van der Waals surface area contributed by atoms with Crippen LogP contribution in [0.25, 0.3) is 0 Å². The minimum Gasteiger partial charge on any atom is -0.310 e. The number of nitrogens with one attached hydrogen (secondary N) is 1. The fourth-order valence-corrected chi connectivity index (χ4v) is 2.54. The van der Waals surface area contributed by atoms with Crippen LogP contribution in [-0.2, 0) is 0 Å². The van der Waals surface area contributed by atoms with Gasteiger partial charge >= 0.3 is 0 Å². The molecule has 2 fully saturated rings. The predicted molar refractivity (Wildman–Crippen MR) is 56.7 cm³/mol. The van der Waals surface area contributed by atoms with E-state index in [1.165, 1.54) is 19.3 Å². The monoisotopic (exact) mass is 181 g/mol. The van der Waals surface area contributed by atoms with E-state index in [0.717, 1.165) is 23.9 Å². The van der Waals surface area contributed by atoms with Crippen LogP contribution in [0.5, 0.6) is 0 Å². The molecule has 0 radical (unpaired) electrons. The summed E-state index contributed by atoms with van der Waals surface area (Å²) >= 11 is 0. The average molecular weight is 181 g/mol. The summed E-state index contributed by atoms with van der Waals surface area (Å²) in [5.41, 5.74) is 0.594. The third kappa shape index (κ3) is 1.76. The maximum Gasteiger partial charge on any atom is 0.0127 e. The molecular formula is C12H23N. The van der Waals surface area contributed by atoms with Crippen molar-refractivity contribution in [3.8, 4) is 0 Å². The summed E-state index contributed by atoms with van der Waals surface area (Å²) in [6, 6.07) is 1.66. The van der Waals surface area contributed by atoms with Crippen molar-refractivity contribution >= 4 is 0 Å². The van der Waals surface area contributed by atoms with Crippen LogP contribution in [0.15, 0.2) is 0 Å². The fraction of sp³-hybridized carbons (Fsp3) is 1.00. The average Bonchev–Trinajstić information content (AvgIpc) is 2.50. The molecule has 2 aliphatic carbocycles. The van der Waals surface area contributed by atoms with Gasteiger partial charge in [-0.25, -0.2) is 0 Å². The largest absolute Gasteiger partial charge is 0.310 e. The van der Waals surface area contributed by atoms with Gasteiger partial charge in [-0.05, 0) is 36.5 Å². The van der Waals surface area contributed by atoms with Gasteiger partial charge in [0.1, 0.15) is 0 Å². The van der Waals surface area contributed by atoms with E-state index < -0.39 is 0 Å². The zero-order chi connectivity index (χ0) is 9.64. The number of hydrogen-bond donors (Lipinski definition) is 1. The Morgan fingerprint density at radius 1 is 1.23 bits per heavy atom. The molecule has 76 valence electrons. The molecule has 0 aliphatic heterocycles. The van der Waals surface area contributed by atoms with Crippen LogP contribution in [0.3, 0.4) is 0 Å². The standard InChI is InChI=1S/C12H23N/c1-8(2)9-5-6-10(9)13-11-7-12(11,3)4/h8-11,13H,5-7H2,1-4H3. The highest BCUT2D eigenvalue weighted by atomic mass is 15.0. The quantitative estimate of drug-likeness (QED) is 0.706. The van der Waals surface area contributed by atoms with Gasteiger partial charge in [-0.15, -0.1) is 0 Å². The highest BCUT2D eigenvalue weighted by molar-refractivity contribution is 5.05. The summed E-state index contributed by atoms with van der Waals surface area (Å²) in [4.78, 5) is 0. The Morgan fingerprint density at radius 3 is 2.15 bits per heavy atom. The summed E-state index contributed by atoms with van der Waals surface area (Å²) in [6.07, 6.45) is 4.24. The third-order valence-corrected chi connectivity index (χ3v) is 4.11. The van der Waals surface area contributed by atoms with E-state index in [-0.39, 0.29) is 0 Å². The van der Waals surface area contributed by atoms with Crippen molar-refractivity contribution in [3.05, 3.63) is 0 Å². The topological polar surface area (TPSA) is 12.0 Å². The lowest BCUT2D eigenvalue weighted by atomic mass is 9.73. The Balaban J connectivity index is 1.78. The zero-order valence-electron chi connectivity index (χ0n) is 9.43. The Morgan fingerprint density at radius 2 is 1.85 bits per heavy atom. The molecule has 0 aromatic carbocycles. The van der Waals surface area contributed by atoms with E-state index in [1.54, 1.807) is 0 Å². The third-order valence-electron chi connectivity index (χ3n) is 4.11. The van der Waals surface area contributed by atoms with Crippen LogP contribution in [-0.4, -0.2) is 12.1 Å². The summed E-state index contributed by atoms with van der Waals surface area (Å²) in [7, 11) is 0. The van der Waals surface area contributed by atoms with E-state index in [9.17, 15) is 0 Å². The molecule has 1 nitrogen and oxygen atoms in total. The molecule has 0 aromatic rings. The highest BCUT2D eigenvalue weighted by Crippen LogP contribution is 2.46. The van der Waals surface area contributed by atoms with Crippen LogP contribution in [0.4, 0.5) is 0 Å². The van der Waals surface area contributed by atoms with E-state index in [1.807, 2.05) is 0 Å². The molecule has 0 bridgehead atoms. The number of hydrogen-bond acceptors (Lipinski definition) is 1. The highest BCUT2D eigenvalue weighted by Gasteiger charge is 2.48. The van der Waals surface area contributed by atoms with Crippen LogP contribution < -0.4 is 5.32 Å². The molecule has 3 unspecified atom stereocenters. The summed E-state index contributed by atoms with van der Waals surface area (Å²) in [5, 5.41) is 3.81. The van der Waals surface area contributed by atoms with Crippen LogP contribution in [0.1, 0.15) is 47.0 Å². The molecule has 13 heavy (non-hydrogen) atoms. The second-order valence-corrected chi connectivity index (χ2v) is 6.00. The van der Waals surface area contributed by atoms with Gasteiger partial charge in [-0.2, -0.15) is 0 Å². The Labute approximate surface area is 82.3 Å². The zero-order valence-corrected chi connectivity index (χ0v) is 9.43. The second kappa shape index (κ2) is 2.98. The fourth-order valence-electron chi connectivity index (χ4n) is 2.54. The summed E-state index contributed by atoms with van der Waals surface area (Å²) < 4.78 is 0. The van der Waals surface area contributed by atoms with Gasteiger partial charge in [-0.3, -0.25) is 0 Å². The maximum atomic E-state index is 3.81. The molecule has 0 aromatic heterocycles. The Hall–Kier alpha value is -0.0400. The first kappa shape index (κ1) is 9.51. The van der Waals surface area contributed by atoms with Crippen LogP contribution in [0, 0.1) is 17.3 Å². The first-order valence-electron chi connectivity index (χ1n) is 5.77. The molecule has 0 spiro atoms. The van der Waals surface area contributed by atoms with E-state index >= 15 is 0 Å². The van der Waals surface area contributed by atoms with Gasteiger partial charge in [0.05, 0.1) is 0 Å². The van der Waals surface area contributed by atoms with Crippen molar-refractivity contribution in [1.29, 1.82) is 0 Å². The van der Waals surface area contributed by atoms with Gasteiger partial charge in [0.25, 0.3) is 0 Å². The molecule has 0 amide bonds. The summed E-state index contributed by atoms with van der Waals surface area (Å²) in [5.74, 6) is 1.82. The van der Waals surface area contributed by atoms with Crippen molar-refractivity contribution in [2.24, 2.45) is 17.3 Å². The molecule has 0 saturated heterocycles. The summed E-state index contributed by atoms with van der Waals surface area (Å²) in [6.45, 7) is 9.45. The smallest absolute Gasteiger partial charge is 0.0127 e. The van der Waals surface area contributed by atoms with E-state index in [2.05, 4.69) is 33.0 Å². The van der Waals surface area contributed by atoms with Crippen molar-refractivity contribution in [1.82, 2.24) is 5.32 Å². The molecule has 2 aliphatic rings. The normalized spacial score (nSPS) is 41.8. The van der Waals surface area contributed by atoms with E-state index in [0.29, 0.717) is 5.41 Å². The van der Waals surface area contributed by atoms with Crippen LogP contribution >= 0.6 is 0 Å². The molecular weight excluding hydrogens is 158 g/mol. The van der Waals surface area contributed by atoms with Gasteiger partial charge in [0, 0.05) is 12.1 Å². The lowest BCUT2D eigenvalue weighted by Crippen LogP contribution is -2.47. The van der Waals surface area contributed by atoms with Crippen molar-refractivity contribution in [2.45, 2.75) is 59.0 Å². The predicted octanol–water partition coefficient (Wildman–Crippen LogP) is 2.81. The van der Waals surface area contributed by atoms with Crippen molar-refractivity contribution in [3.63, 3.8) is 0 Å². The molecule has 0 heterocycles. The number of rotatable bonds is 3. The minimum absolute atomic E-state index is 0.594. The molecule has 1 N–H and O–H groups in total.